The lowest BCUT2D eigenvalue weighted by molar-refractivity contribution is -0.146. The number of carbonyl (C=O) groups is 4. The van der Waals surface area contributed by atoms with Gasteiger partial charge in [0.05, 0.1) is 13.0 Å². The first-order valence-electron chi connectivity index (χ1n) is 14.8. The molecule has 0 heterocycles. The van der Waals surface area contributed by atoms with Gasteiger partial charge >= 0.3 is 12.1 Å². The average molecular weight is 576 g/mol. The number of amides is 3. The summed E-state index contributed by atoms with van der Waals surface area (Å²) in [7, 11) is 0. The van der Waals surface area contributed by atoms with E-state index >= 15 is 0 Å². The standard InChI is InChI=1S/C32H53N3O6/c1-12-40-25(36)18-19-33-29(37)28(26-22(6)14-13-15-23(26)7)35(24(8)17-16-20(2)3)30(38)27(21(4)5)34-31(39)41-32(9,10)11/h13-15,20-21,24,27-28H,12,16-19H2,1-11H3,(H,33,37)(H,34,39). The van der Waals surface area contributed by atoms with Gasteiger partial charge < -0.3 is 25.0 Å². The number of benzene rings is 1. The van der Waals surface area contributed by atoms with Gasteiger partial charge in [-0.3, -0.25) is 14.4 Å². The largest absolute Gasteiger partial charge is 0.466 e. The van der Waals surface area contributed by atoms with Crippen LogP contribution in [-0.2, 0) is 23.9 Å². The molecule has 232 valence electrons. The van der Waals surface area contributed by atoms with Crippen molar-refractivity contribution in [2.24, 2.45) is 11.8 Å². The first-order chi connectivity index (χ1) is 19.0. The van der Waals surface area contributed by atoms with Crippen LogP contribution in [-0.4, -0.2) is 59.6 Å². The molecule has 2 N–H and O–H groups in total. The molecule has 0 bridgehead atoms. The van der Waals surface area contributed by atoms with Crippen molar-refractivity contribution in [3.63, 3.8) is 0 Å². The van der Waals surface area contributed by atoms with Crippen molar-refractivity contribution in [2.75, 3.05) is 13.2 Å². The molecule has 0 aliphatic rings. The quantitative estimate of drug-likeness (QED) is 0.279. The van der Waals surface area contributed by atoms with Crippen molar-refractivity contribution in [3.05, 3.63) is 34.9 Å². The summed E-state index contributed by atoms with van der Waals surface area (Å²) in [5.74, 6) is -1.05. The van der Waals surface area contributed by atoms with Gasteiger partial charge in [0, 0.05) is 12.6 Å². The van der Waals surface area contributed by atoms with Crippen molar-refractivity contribution >= 4 is 23.9 Å². The fraction of sp³-hybridized carbons (Fsp3) is 0.688. The van der Waals surface area contributed by atoms with E-state index in [1.54, 1.807) is 32.6 Å². The minimum absolute atomic E-state index is 0.0186. The summed E-state index contributed by atoms with van der Waals surface area (Å²) in [4.78, 5) is 54.9. The van der Waals surface area contributed by atoms with Crippen molar-refractivity contribution in [1.82, 2.24) is 15.5 Å². The maximum absolute atomic E-state index is 14.5. The number of carbonyl (C=O) groups excluding carboxylic acids is 4. The Morgan fingerprint density at radius 3 is 2.02 bits per heavy atom. The number of hydrogen-bond acceptors (Lipinski definition) is 6. The monoisotopic (exact) mass is 575 g/mol. The van der Waals surface area contributed by atoms with E-state index in [9.17, 15) is 19.2 Å². The molecule has 9 nitrogen and oxygen atoms in total. The van der Waals surface area contributed by atoms with Gasteiger partial charge in [-0.15, -0.1) is 0 Å². The Balaban J connectivity index is 3.65. The van der Waals surface area contributed by atoms with Crippen molar-refractivity contribution in [1.29, 1.82) is 0 Å². The van der Waals surface area contributed by atoms with Crippen LogP contribution in [0.2, 0.25) is 0 Å². The second kappa shape index (κ2) is 16.4. The molecule has 3 unspecified atom stereocenters. The van der Waals surface area contributed by atoms with E-state index in [1.165, 1.54) is 0 Å². The summed E-state index contributed by atoms with van der Waals surface area (Å²) in [6.45, 7) is 21.1. The van der Waals surface area contributed by atoms with E-state index < -0.39 is 35.7 Å². The SMILES string of the molecule is CCOC(=O)CCNC(=O)C(c1c(C)cccc1C)N(C(=O)C(NC(=O)OC(C)(C)C)C(C)C)C(C)CCC(C)C. The molecule has 0 aliphatic carbocycles. The zero-order valence-electron chi connectivity index (χ0n) is 27.1. The maximum Gasteiger partial charge on any atom is 0.408 e. The predicted molar refractivity (Wildman–Crippen MR) is 161 cm³/mol. The molecule has 0 saturated heterocycles. The van der Waals surface area contributed by atoms with Crippen LogP contribution in [0.1, 0.15) is 104 Å². The Labute approximate surface area is 247 Å². The van der Waals surface area contributed by atoms with Crippen LogP contribution in [0.15, 0.2) is 18.2 Å². The van der Waals surface area contributed by atoms with Gasteiger partial charge in [-0.1, -0.05) is 45.9 Å². The summed E-state index contributed by atoms with van der Waals surface area (Å²) in [6, 6.07) is 3.52. The van der Waals surface area contributed by atoms with Gasteiger partial charge in [0.2, 0.25) is 11.8 Å². The average Bonchev–Trinajstić information content (AvgIpc) is 2.83. The summed E-state index contributed by atoms with van der Waals surface area (Å²) in [6.07, 6.45) is 0.839. The number of nitrogens with zero attached hydrogens (tertiary/aromatic N) is 1. The van der Waals surface area contributed by atoms with Gasteiger partial charge in [-0.05, 0) is 89.8 Å². The third kappa shape index (κ3) is 11.7. The van der Waals surface area contributed by atoms with E-state index in [-0.39, 0.29) is 37.4 Å². The van der Waals surface area contributed by atoms with E-state index in [0.717, 1.165) is 23.1 Å². The number of alkyl carbamates (subject to hydrolysis) is 1. The first-order valence-corrected chi connectivity index (χ1v) is 14.8. The minimum Gasteiger partial charge on any atom is -0.466 e. The number of rotatable bonds is 14. The number of nitrogens with one attached hydrogen (secondary N) is 2. The minimum atomic E-state index is -0.977. The maximum atomic E-state index is 14.5. The van der Waals surface area contributed by atoms with Crippen LogP contribution in [0, 0.1) is 25.7 Å². The summed E-state index contributed by atoms with van der Waals surface area (Å²) in [5, 5.41) is 5.65. The second-order valence-electron chi connectivity index (χ2n) is 12.5. The van der Waals surface area contributed by atoms with Crippen LogP contribution in [0.5, 0.6) is 0 Å². The summed E-state index contributed by atoms with van der Waals surface area (Å²) in [5.41, 5.74) is 1.72. The molecule has 41 heavy (non-hydrogen) atoms. The van der Waals surface area contributed by atoms with Crippen LogP contribution in [0.25, 0.3) is 0 Å². The molecule has 0 fully saturated rings. The highest BCUT2D eigenvalue weighted by molar-refractivity contribution is 5.93. The normalized spacial score (nSPS) is 13.8. The Hall–Kier alpha value is -3.10. The number of esters is 1. The third-order valence-electron chi connectivity index (χ3n) is 6.77. The van der Waals surface area contributed by atoms with Crippen LogP contribution < -0.4 is 10.6 Å². The second-order valence-corrected chi connectivity index (χ2v) is 12.5. The molecule has 0 aromatic heterocycles. The van der Waals surface area contributed by atoms with E-state index in [4.69, 9.17) is 9.47 Å². The van der Waals surface area contributed by atoms with Crippen LogP contribution in [0.4, 0.5) is 4.79 Å². The lowest BCUT2D eigenvalue weighted by Crippen LogP contribution is -2.57. The highest BCUT2D eigenvalue weighted by Crippen LogP contribution is 2.32. The van der Waals surface area contributed by atoms with Crippen molar-refractivity contribution in [3.8, 4) is 0 Å². The number of aryl methyl sites for hydroxylation is 2. The number of ether oxygens (including phenoxy) is 2. The molecule has 3 amide bonds. The fourth-order valence-electron chi connectivity index (χ4n) is 4.69. The van der Waals surface area contributed by atoms with Gasteiger partial charge in [0.1, 0.15) is 17.7 Å². The molecule has 1 rings (SSSR count). The van der Waals surface area contributed by atoms with E-state index in [1.807, 2.05) is 52.8 Å². The fourth-order valence-corrected chi connectivity index (χ4v) is 4.69. The molecule has 0 aliphatic heterocycles. The Morgan fingerprint density at radius 2 is 1.54 bits per heavy atom. The zero-order chi connectivity index (χ0) is 31.5. The Kier molecular flexibility index (Phi) is 14.3. The molecule has 1 aromatic carbocycles. The van der Waals surface area contributed by atoms with Crippen molar-refractivity contribution in [2.45, 2.75) is 119 Å². The van der Waals surface area contributed by atoms with Crippen LogP contribution >= 0.6 is 0 Å². The Bertz CT molecular complexity index is 1010. The van der Waals surface area contributed by atoms with Crippen LogP contribution in [0.3, 0.4) is 0 Å². The van der Waals surface area contributed by atoms with Crippen molar-refractivity contribution < 1.29 is 28.7 Å². The number of hydrogen-bond donors (Lipinski definition) is 2. The Morgan fingerprint density at radius 1 is 0.951 bits per heavy atom. The molecule has 0 spiro atoms. The highest BCUT2D eigenvalue weighted by atomic mass is 16.6. The molecule has 0 radical (unpaired) electrons. The van der Waals surface area contributed by atoms with E-state index in [0.29, 0.717) is 12.3 Å². The lowest BCUT2D eigenvalue weighted by Gasteiger charge is -2.40. The van der Waals surface area contributed by atoms with Gasteiger partial charge in [-0.2, -0.15) is 0 Å². The smallest absolute Gasteiger partial charge is 0.408 e. The molecule has 3 atom stereocenters. The molecular weight excluding hydrogens is 522 g/mol. The van der Waals surface area contributed by atoms with Gasteiger partial charge in [-0.25, -0.2) is 4.79 Å². The highest BCUT2D eigenvalue weighted by Gasteiger charge is 2.40. The predicted octanol–water partition coefficient (Wildman–Crippen LogP) is 5.62. The topological polar surface area (TPSA) is 114 Å². The first kappa shape index (κ1) is 35.9. The molecule has 1 aromatic rings. The van der Waals surface area contributed by atoms with Gasteiger partial charge in [0.25, 0.3) is 0 Å². The van der Waals surface area contributed by atoms with E-state index in [2.05, 4.69) is 24.5 Å². The summed E-state index contributed by atoms with van der Waals surface area (Å²) >= 11 is 0. The molecule has 9 heteroatoms. The summed E-state index contributed by atoms with van der Waals surface area (Å²) < 4.78 is 10.5. The lowest BCUT2D eigenvalue weighted by atomic mass is 9.90. The zero-order valence-corrected chi connectivity index (χ0v) is 27.1. The molecular formula is C32H53N3O6. The van der Waals surface area contributed by atoms with Gasteiger partial charge in [0.15, 0.2) is 0 Å². The third-order valence-corrected chi connectivity index (χ3v) is 6.77. The molecule has 0 saturated carbocycles.